The van der Waals surface area contributed by atoms with Gasteiger partial charge in [-0.05, 0) is 68.4 Å². The lowest BCUT2D eigenvalue weighted by molar-refractivity contribution is 0.252. The van der Waals surface area contributed by atoms with Gasteiger partial charge >= 0.3 is 6.03 Å². The van der Waals surface area contributed by atoms with E-state index in [1.54, 1.807) is 6.20 Å². The predicted octanol–water partition coefficient (Wildman–Crippen LogP) is 4.71. The van der Waals surface area contributed by atoms with Crippen molar-refractivity contribution in [1.29, 1.82) is 0 Å². The van der Waals surface area contributed by atoms with Gasteiger partial charge in [0.1, 0.15) is 0 Å². The molecule has 2 saturated heterocycles. The molecule has 150 valence electrons. The molecule has 0 spiro atoms. The zero-order chi connectivity index (χ0) is 19.8. The topological polar surface area (TPSA) is 73.0 Å². The summed E-state index contributed by atoms with van der Waals surface area (Å²) in [5.74, 6) is 0. The highest BCUT2D eigenvalue weighted by molar-refractivity contribution is 6.00. The number of hydrogen-bond acceptors (Lipinski definition) is 3. The molecule has 0 aliphatic carbocycles. The van der Waals surface area contributed by atoms with Gasteiger partial charge in [-0.2, -0.15) is 5.10 Å². The molecule has 3 aromatic rings. The quantitative estimate of drug-likeness (QED) is 0.605. The Bertz CT molecular complexity index is 1030. The van der Waals surface area contributed by atoms with Crippen LogP contribution in [0.3, 0.4) is 0 Å². The minimum absolute atomic E-state index is 0.213. The van der Waals surface area contributed by atoms with Crippen molar-refractivity contribution in [2.75, 3.05) is 10.2 Å². The van der Waals surface area contributed by atoms with Gasteiger partial charge < -0.3 is 15.5 Å². The van der Waals surface area contributed by atoms with E-state index in [4.69, 9.17) is 0 Å². The molecule has 1 aromatic heterocycles. The van der Waals surface area contributed by atoms with Gasteiger partial charge in [0.2, 0.25) is 0 Å². The summed E-state index contributed by atoms with van der Waals surface area (Å²) in [5, 5.41) is 13.7. The third kappa shape index (κ3) is 3.43. The molecule has 2 atom stereocenters. The Balaban J connectivity index is 1.24. The molecule has 2 bridgehead atoms. The van der Waals surface area contributed by atoms with Crippen LogP contribution in [0.2, 0.25) is 0 Å². The smallest absolute Gasteiger partial charge is 0.319 e. The first-order valence-corrected chi connectivity index (χ1v) is 10.5. The van der Waals surface area contributed by atoms with Crippen LogP contribution < -0.4 is 15.5 Å². The summed E-state index contributed by atoms with van der Waals surface area (Å²) in [4.78, 5) is 15.0. The van der Waals surface area contributed by atoms with E-state index in [0.29, 0.717) is 18.6 Å². The molecule has 2 aliphatic rings. The number of amides is 2. The number of nitrogens with zero attached hydrogens (tertiary/aromatic N) is 2. The number of piperidine rings is 1. The number of rotatable bonds is 4. The molecule has 3 heterocycles. The van der Waals surface area contributed by atoms with Gasteiger partial charge in [-0.15, -0.1) is 0 Å². The van der Waals surface area contributed by atoms with Crippen LogP contribution in [0, 0.1) is 6.92 Å². The molecule has 6 heteroatoms. The van der Waals surface area contributed by atoms with E-state index >= 15 is 0 Å². The molecule has 0 unspecified atom stereocenters. The summed E-state index contributed by atoms with van der Waals surface area (Å²) in [6, 6.07) is 13.5. The SMILES string of the molecule is Cc1cc(CNC(=O)Nc2cccc3[nH]ncc23)ccc1N1[C@@H]2CCC[C@H]1CC2. The molecule has 2 aliphatic heterocycles. The van der Waals surface area contributed by atoms with Crippen molar-refractivity contribution >= 4 is 28.3 Å². The maximum Gasteiger partial charge on any atom is 0.319 e. The summed E-state index contributed by atoms with van der Waals surface area (Å²) in [6.07, 6.45) is 8.40. The number of anilines is 2. The second-order valence-electron chi connectivity index (χ2n) is 8.29. The van der Waals surface area contributed by atoms with Crippen LogP contribution in [0.4, 0.5) is 16.2 Å². The number of benzene rings is 2. The van der Waals surface area contributed by atoms with E-state index < -0.39 is 0 Å². The normalized spacial score (nSPS) is 20.8. The average Bonchev–Trinajstić information content (AvgIpc) is 3.29. The molecule has 5 rings (SSSR count). The number of H-pyrrole nitrogens is 1. The molecule has 2 fully saturated rings. The van der Waals surface area contributed by atoms with Gasteiger partial charge in [-0.1, -0.05) is 18.2 Å². The highest BCUT2D eigenvalue weighted by Gasteiger charge is 2.36. The van der Waals surface area contributed by atoms with Crippen molar-refractivity contribution in [3.05, 3.63) is 53.7 Å². The molecule has 29 heavy (non-hydrogen) atoms. The number of nitrogens with one attached hydrogen (secondary N) is 3. The van der Waals surface area contributed by atoms with Crippen molar-refractivity contribution in [2.45, 2.75) is 57.7 Å². The molecule has 0 saturated carbocycles. The number of carbonyl (C=O) groups excluding carboxylic acids is 1. The number of aryl methyl sites for hydroxylation is 1. The predicted molar refractivity (Wildman–Crippen MR) is 116 cm³/mol. The van der Waals surface area contributed by atoms with Gasteiger partial charge in [0.25, 0.3) is 0 Å². The lowest BCUT2D eigenvalue weighted by Crippen LogP contribution is -2.40. The Hall–Kier alpha value is -3.02. The lowest BCUT2D eigenvalue weighted by atomic mass is 9.99. The minimum Gasteiger partial charge on any atom is -0.365 e. The molecule has 2 amide bonds. The third-order valence-electron chi connectivity index (χ3n) is 6.42. The van der Waals surface area contributed by atoms with E-state index in [1.165, 1.54) is 43.4 Å². The maximum absolute atomic E-state index is 12.4. The van der Waals surface area contributed by atoms with Crippen molar-refractivity contribution < 1.29 is 4.79 Å². The summed E-state index contributed by atoms with van der Waals surface area (Å²) in [6.45, 7) is 2.69. The van der Waals surface area contributed by atoms with Crippen LogP contribution in [-0.4, -0.2) is 28.3 Å². The summed E-state index contributed by atoms with van der Waals surface area (Å²) in [7, 11) is 0. The highest BCUT2D eigenvalue weighted by atomic mass is 16.2. The second-order valence-corrected chi connectivity index (χ2v) is 8.29. The molecular formula is C23H27N5O. The van der Waals surface area contributed by atoms with Crippen LogP contribution in [0.1, 0.15) is 43.2 Å². The van der Waals surface area contributed by atoms with Gasteiger partial charge in [0.15, 0.2) is 0 Å². The first kappa shape index (κ1) is 18.0. The average molecular weight is 390 g/mol. The van der Waals surface area contributed by atoms with Gasteiger partial charge in [-0.3, -0.25) is 5.10 Å². The number of aromatic amines is 1. The number of carbonyl (C=O) groups is 1. The first-order valence-electron chi connectivity index (χ1n) is 10.5. The van der Waals surface area contributed by atoms with E-state index in [-0.39, 0.29) is 6.03 Å². The molecule has 0 radical (unpaired) electrons. The lowest BCUT2D eigenvalue weighted by Gasteiger charge is -2.38. The fourth-order valence-electron chi connectivity index (χ4n) is 5.05. The van der Waals surface area contributed by atoms with Gasteiger partial charge in [0.05, 0.1) is 17.4 Å². The van der Waals surface area contributed by atoms with Crippen LogP contribution >= 0.6 is 0 Å². The van der Waals surface area contributed by atoms with Crippen LogP contribution in [-0.2, 0) is 6.54 Å². The Morgan fingerprint density at radius 1 is 1.17 bits per heavy atom. The zero-order valence-corrected chi connectivity index (χ0v) is 16.7. The Labute approximate surface area is 170 Å². The Morgan fingerprint density at radius 3 is 2.79 bits per heavy atom. The fraction of sp³-hybridized carbons (Fsp3) is 0.391. The second kappa shape index (κ2) is 7.43. The van der Waals surface area contributed by atoms with E-state index in [0.717, 1.165) is 22.2 Å². The van der Waals surface area contributed by atoms with Crippen molar-refractivity contribution in [3.8, 4) is 0 Å². The Kier molecular flexibility index (Phi) is 4.62. The van der Waals surface area contributed by atoms with E-state index in [2.05, 4.69) is 50.9 Å². The van der Waals surface area contributed by atoms with Crippen LogP contribution in [0.25, 0.3) is 10.9 Å². The number of fused-ring (bicyclic) bond motifs is 3. The zero-order valence-electron chi connectivity index (χ0n) is 16.7. The standard InChI is InChI=1S/C23H27N5O/c1-15-12-16(8-11-22(15)28-17-4-2-5-18(28)10-9-17)13-24-23(29)26-20-6-3-7-21-19(20)14-25-27-21/h3,6-8,11-12,14,17-18H,2,4-5,9-10,13H2,1H3,(H,25,27)(H2,24,26,29)/t17-,18+. The third-order valence-corrected chi connectivity index (χ3v) is 6.42. The summed E-state index contributed by atoms with van der Waals surface area (Å²) < 4.78 is 0. The Morgan fingerprint density at radius 2 is 2.00 bits per heavy atom. The first-order chi connectivity index (χ1) is 14.2. The fourth-order valence-corrected chi connectivity index (χ4v) is 5.05. The van der Waals surface area contributed by atoms with E-state index in [1.807, 2.05) is 18.2 Å². The van der Waals surface area contributed by atoms with Crippen LogP contribution in [0.5, 0.6) is 0 Å². The van der Waals surface area contributed by atoms with Gasteiger partial charge in [-0.25, -0.2) is 4.79 Å². The summed E-state index contributed by atoms with van der Waals surface area (Å²) in [5.41, 5.74) is 5.44. The number of hydrogen-bond donors (Lipinski definition) is 3. The minimum atomic E-state index is -0.213. The monoisotopic (exact) mass is 389 g/mol. The van der Waals surface area contributed by atoms with Gasteiger partial charge in [0, 0.05) is 29.7 Å². The highest BCUT2D eigenvalue weighted by Crippen LogP contribution is 2.40. The van der Waals surface area contributed by atoms with Crippen molar-refractivity contribution in [3.63, 3.8) is 0 Å². The number of aromatic nitrogens is 2. The maximum atomic E-state index is 12.4. The van der Waals surface area contributed by atoms with Crippen molar-refractivity contribution in [2.24, 2.45) is 0 Å². The molecular weight excluding hydrogens is 362 g/mol. The molecule has 6 nitrogen and oxygen atoms in total. The largest absolute Gasteiger partial charge is 0.365 e. The number of urea groups is 1. The summed E-state index contributed by atoms with van der Waals surface area (Å²) >= 11 is 0. The molecule has 2 aromatic carbocycles. The van der Waals surface area contributed by atoms with Crippen LogP contribution in [0.15, 0.2) is 42.6 Å². The van der Waals surface area contributed by atoms with Crippen molar-refractivity contribution in [1.82, 2.24) is 15.5 Å². The van der Waals surface area contributed by atoms with E-state index in [9.17, 15) is 4.79 Å². The molecule has 3 N–H and O–H groups in total.